The fraction of sp³-hybridized carbons (Fsp3) is 0.562. The van der Waals surface area contributed by atoms with E-state index in [4.69, 9.17) is 4.74 Å². The Hall–Kier alpha value is -0.960. The predicted octanol–water partition coefficient (Wildman–Crippen LogP) is 3.86. The second-order valence-electron chi connectivity index (χ2n) is 6.72. The normalized spacial score (nSPS) is 28.9. The summed E-state index contributed by atoms with van der Waals surface area (Å²) in [6, 6.07) is 5.92. The van der Waals surface area contributed by atoms with Crippen molar-refractivity contribution in [1.82, 2.24) is 0 Å². The molecule has 1 unspecified atom stereocenters. The number of ketones is 1. The van der Waals surface area contributed by atoms with Crippen molar-refractivity contribution in [2.45, 2.75) is 39.2 Å². The third kappa shape index (κ3) is 2.40. The Bertz CT molecular complexity index is 536. The van der Waals surface area contributed by atoms with E-state index in [0.29, 0.717) is 6.42 Å². The van der Waals surface area contributed by atoms with Crippen LogP contribution in [0.25, 0.3) is 0 Å². The van der Waals surface area contributed by atoms with Gasteiger partial charge in [-0.25, -0.2) is 0 Å². The van der Waals surface area contributed by atoms with Crippen LogP contribution in [0.2, 0.25) is 0 Å². The highest BCUT2D eigenvalue weighted by atomic mass is 32.2. The Labute approximate surface area is 118 Å². The number of benzene rings is 1. The van der Waals surface area contributed by atoms with Gasteiger partial charge in [0.2, 0.25) is 0 Å². The minimum absolute atomic E-state index is 0.239. The first-order valence-electron chi connectivity index (χ1n) is 6.80. The van der Waals surface area contributed by atoms with Gasteiger partial charge in [-0.05, 0) is 36.6 Å². The molecule has 0 radical (unpaired) electrons. The molecule has 0 bridgehead atoms. The van der Waals surface area contributed by atoms with Crippen molar-refractivity contribution in [2.75, 3.05) is 11.5 Å². The molecule has 0 aromatic heterocycles. The number of carbonyl (C=O) groups excluding carboxylic acids is 1. The van der Waals surface area contributed by atoms with Gasteiger partial charge in [-0.15, -0.1) is 0 Å². The van der Waals surface area contributed by atoms with E-state index in [0.717, 1.165) is 34.8 Å². The molecule has 3 heteroatoms. The van der Waals surface area contributed by atoms with Gasteiger partial charge < -0.3 is 4.74 Å². The van der Waals surface area contributed by atoms with Crippen LogP contribution in [-0.4, -0.2) is 22.9 Å². The van der Waals surface area contributed by atoms with Crippen LogP contribution in [0.4, 0.5) is 0 Å². The molecule has 0 amide bonds. The smallest absolute Gasteiger partial charge is 0.170 e. The Kier molecular flexibility index (Phi) is 2.93. The number of thioether (sulfide) groups is 1. The van der Waals surface area contributed by atoms with E-state index < -0.39 is 0 Å². The summed E-state index contributed by atoms with van der Waals surface area (Å²) in [6.45, 7) is 6.54. The summed E-state index contributed by atoms with van der Waals surface area (Å²) in [5, 5.41) is 0. The number of ether oxygens (including phenoxy) is 1. The summed E-state index contributed by atoms with van der Waals surface area (Å²) in [4.78, 5) is 12.4. The second-order valence-corrected chi connectivity index (χ2v) is 7.70. The zero-order valence-corrected chi connectivity index (χ0v) is 12.6. The van der Waals surface area contributed by atoms with Crippen LogP contribution in [0.3, 0.4) is 0 Å². The largest absolute Gasteiger partial charge is 0.485 e. The molecule has 2 heterocycles. The van der Waals surface area contributed by atoms with Gasteiger partial charge in [0.15, 0.2) is 5.78 Å². The highest BCUT2D eigenvalue weighted by Crippen LogP contribution is 2.46. The summed E-state index contributed by atoms with van der Waals surface area (Å²) in [5.74, 6) is 3.09. The summed E-state index contributed by atoms with van der Waals surface area (Å²) in [7, 11) is 0. The van der Waals surface area contributed by atoms with Crippen molar-refractivity contribution in [3.05, 3.63) is 29.3 Å². The second kappa shape index (κ2) is 4.27. The van der Waals surface area contributed by atoms with E-state index >= 15 is 0 Å². The molecule has 2 nitrogen and oxygen atoms in total. The van der Waals surface area contributed by atoms with Gasteiger partial charge in [0.05, 0.1) is 12.0 Å². The predicted molar refractivity (Wildman–Crippen MR) is 79.2 cm³/mol. The van der Waals surface area contributed by atoms with Gasteiger partial charge in [0, 0.05) is 5.75 Å². The summed E-state index contributed by atoms with van der Waals surface area (Å²) < 4.78 is 6.28. The van der Waals surface area contributed by atoms with Crippen LogP contribution in [0.1, 0.15) is 42.6 Å². The van der Waals surface area contributed by atoms with Crippen molar-refractivity contribution in [3.8, 4) is 5.75 Å². The van der Waals surface area contributed by atoms with Gasteiger partial charge >= 0.3 is 0 Å². The molecule has 1 spiro atoms. The third-order valence-corrected chi connectivity index (χ3v) is 5.62. The van der Waals surface area contributed by atoms with Crippen molar-refractivity contribution in [1.29, 1.82) is 0 Å². The molecular formula is C16H20O2S. The number of aryl methyl sites for hydroxylation is 1. The van der Waals surface area contributed by atoms with Crippen molar-refractivity contribution in [2.24, 2.45) is 5.41 Å². The average Bonchev–Trinajstić information content (AvgIpc) is 2.29. The number of rotatable bonds is 0. The minimum atomic E-state index is -0.286. The van der Waals surface area contributed by atoms with E-state index in [1.54, 1.807) is 0 Å². The van der Waals surface area contributed by atoms with Gasteiger partial charge in [-0.2, -0.15) is 11.8 Å². The van der Waals surface area contributed by atoms with E-state index in [9.17, 15) is 4.79 Å². The fourth-order valence-electron chi connectivity index (χ4n) is 3.27. The Morgan fingerprint density at radius 2 is 2.05 bits per heavy atom. The molecular weight excluding hydrogens is 256 g/mol. The number of hydrogen-bond donors (Lipinski definition) is 0. The topological polar surface area (TPSA) is 26.3 Å². The molecule has 1 fully saturated rings. The number of Topliss-reactive ketones (excluding diaryl/α,β-unsaturated/α-hetero) is 1. The van der Waals surface area contributed by atoms with Gasteiger partial charge in [-0.3, -0.25) is 4.79 Å². The fourth-order valence-corrected chi connectivity index (χ4v) is 4.67. The first-order chi connectivity index (χ1) is 8.89. The van der Waals surface area contributed by atoms with Crippen molar-refractivity contribution >= 4 is 17.5 Å². The molecule has 0 saturated carbocycles. The SMILES string of the molecule is Cc1ccc2c(c1)C(=O)CC1(CSCC(C)(C)C1)O2. The standard InChI is InChI=1S/C16H20O2S/c1-11-4-5-14-12(6-11)13(17)7-16(18-14)8-15(2,3)9-19-10-16/h4-6H,7-10H2,1-3H3. The maximum absolute atomic E-state index is 12.4. The Balaban J connectivity index is 1.96. The molecule has 102 valence electrons. The quantitative estimate of drug-likeness (QED) is 0.719. The van der Waals surface area contributed by atoms with Crippen LogP contribution in [0, 0.1) is 12.3 Å². The van der Waals surface area contributed by atoms with Gasteiger partial charge in [-0.1, -0.05) is 25.5 Å². The third-order valence-electron chi connectivity index (χ3n) is 3.90. The van der Waals surface area contributed by atoms with Gasteiger partial charge in [0.1, 0.15) is 11.4 Å². The minimum Gasteiger partial charge on any atom is -0.485 e. The summed E-state index contributed by atoms with van der Waals surface area (Å²) in [5.41, 5.74) is 1.83. The van der Waals surface area contributed by atoms with E-state index in [1.807, 2.05) is 36.9 Å². The zero-order chi connectivity index (χ0) is 13.7. The lowest BCUT2D eigenvalue weighted by molar-refractivity contribution is 0.0256. The van der Waals surface area contributed by atoms with Crippen LogP contribution in [-0.2, 0) is 0 Å². The average molecular weight is 276 g/mol. The van der Waals surface area contributed by atoms with Crippen LogP contribution < -0.4 is 4.74 Å². The number of hydrogen-bond acceptors (Lipinski definition) is 3. The van der Waals surface area contributed by atoms with Crippen LogP contribution in [0.15, 0.2) is 18.2 Å². The summed E-state index contributed by atoms with van der Waals surface area (Å²) in [6.07, 6.45) is 1.49. The number of fused-ring (bicyclic) bond motifs is 1. The molecule has 2 aliphatic heterocycles. The Morgan fingerprint density at radius 3 is 2.79 bits per heavy atom. The molecule has 1 aromatic rings. The first-order valence-corrected chi connectivity index (χ1v) is 7.95. The molecule has 0 N–H and O–H groups in total. The maximum Gasteiger partial charge on any atom is 0.170 e. The lowest BCUT2D eigenvalue weighted by atomic mass is 9.77. The van der Waals surface area contributed by atoms with Crippen LogP contribution in [0.5, 0.6) is 5.75 Å². The summed E-state index contributed by atoms with van der Waals surface area (Å²) >= 11 is 1.91. The molecule has 1 aromatic carbocycles. The first kappa shape index (κ1) is 13.0. The molecule has 0 aliphatic carbocycles. The Morgan fingerprint density at radius 1 is 1.26 bits per heavy atom. The highest BCUT2D eigenvalue weighted by molar-refractivity contribution is 7.99. The highest BCUT2D eigenvalue weighted by Gasteiger charge is 2.46. The maximum atomic E-state index is 12.4. The van der Waals surface area contributed by atoms with Crippen LogP contribution >= 0.6 is 11.8 Å². The lowest BCUT2D eigenvalue weighted by Gasteiger charge is -2.46. The monoisotopic (exact) mass is 276 g/mol. The molecule has 3 rings (SSSR count). The zero-order valence-electron chi connectivity index (χ0n) is 11.8. The van der Waals surface area contributed by atoms with Crippen molar-refractivity contribution < 1.29 is 9.53 Å². The molecule has 19 heavy (non-hydrogen) atoms. The van der Waals surface area contributed by atoms with E-state index in [1.165, 1.54) is 0 Å². The lowest BCUT2D eigenvalue weighted by Crippen LogP contribution is -2.50. The molecule has 1 atom stereocenters. The molecule has 1 saturated heterocycles. The van der Waals surface area contributed by atoms with Gasteiger partial charge in [0.25, 0.3) is 0 Å². The number of carbonyl (C=O) groups is 1. The van der Waals surface area contributed by atoms with E-state index in [2.05, 4.69) is 13.8 Å². The molecule has 2 aliphatic rings. The van der Waals surface area contributed by atoms with E-state index in [-0.39, 0.29) is 16.8 Å². The van der Waals surface area contributed by atoms with Crippen molar-refractivity contribution in [3.63, 3.8) is 0 Å².